The summed E-state index contributed by atoms with van der Waals surface area (Å²) in [5, 5.41) is 11.6. The third-order valence-electron chi connectivity index (χ3n) is 2.69. The molecule has 0 saturated carbocycles. The fourth-order valence-corrected chi connectivity index (χ4v) is 2.47. The van der Waals surface area contributed by atoms with Gasteiger partial charge in [0.2, 0.25) is 5.01 Å². The molecule has 1 aromatic carbocycles. The molecule has 3 N–H and O–H groups in total. The molecule has 0 aliphatic rings. The van der Waals surface area contributed by atoms with Gasteiger partial charge in [-0.1, -0.05) is 6.07 Å². The maximum Gasteiger partial charge on any atom is 0.365 e. The third-order valence-corrected chi connectivity index (χ3v) is 3.52. The van der Waals surface area contributed by atoms with Crippen molar-refractivity contribution in [1.82, 2.24) is 9.97 Å². The van der Waals surface area contributed by atoms with Crippen LogP contribution >= 0.6 is 11.3 Å². The Morgan fingerprint density at radius 1 is 1.21 bits per heavy atom. The lowest BCUT2D eigenvalue weighted by Crippen LogP contribution is -1.94. The highest BCUT2D eigenvalue weighted by Crippen LogP contribution is 2.25. The standard InChI is InChI=1S/C13H9N3O2S/c14-11-4-2-7-5-8(1-3-9(7)15-11)10-6-19-12(16-10)13(17)18/h1-6H,(H2,14,15)(H,17,18). The van der Waals surface area contributed by atoms with E-state index in [0.29, 0.717) is 11.5 Å². The lowest BCUT2D eigenvalue weighted by Gasteiger charge is -2.01. The zero-order valence-corrected chi connectivity index (χ0v) is 10.5. The van der Waals surface area contributed by atoms with Gasteiger partial charge in [-0.15, -0.1) is 11.3 Å². The molecular formula is C13H9N3O2S. The Balaban J connectivity index is 2.09. The second-order valence-electron chi connectivity index (χ2n) is 3.99. The molecule has 0 aliphatic carbocycles. The Labute approximate surface area is 112 Å². The van der Waals surface area contributed by atoms with E-state index < -0.39 is 5.97 Å². The third kappa shape index (κ3) is 2.13. The molecule has 19 heavy (non-hydrogen) atoms. The van der Waals surface area contributed by atoms with E-state index in [1.54, 1.807) is 11.4 Å². The summed E-state index contributed by atoms with van der Waals surface area (Å²) in [5.74, 6) is -0.534. The van der Waals surface area contributed by atoms with Crippen LogP contribution in [0.4, 0.5) is 5.82 Å². The van der Waals surface area contributed by atoms with Crippen molar-refractivity contribution in [1.29, 1.82) is 0 Å². The molecule has 5 nitrogen and oxygen atoms in total. The Morgan fingerprint density at radius 2 is 2.05 bits per heavy atom. The summed E-state index contributed by atoms with van der Waals surface area (Å²) in [6.07, 6.45) is 0. The number of nitrogen functional groups attached to an aromatic ring is 1. The monoisotopic (exact) mass is 271 g/mol. The molecule has 0 spiro atoms. The number of anilines is 1. The number of carboxylic acids is 1. The predicted octanol–water partition coefficient (Wildman–Crippen LogP) is 2.64. The molecule has 0 aliphatic heterocycles. The zero-order chi connectivity index (χ0) is 13.4. The van der Waals surface area contributed by atoms with Crippen molar-refractivity contribution in [2.24, 2.45) is 0 Å². The summed E-state index contributed by atoms with van der Waals surface area (Å²) in [6.45, 7) is 0. The molecule has 0 fully saturated rings. The number of nitrogens with two attached hydrogens (primary N) is 1. The first-order valence-corrected chi connectivity index (χ1v) is 6.37. The number of hydrogen-bond donors (Lipinski definition) is 2. The van der Waals surface area contributed by atoms with Gasteiger partial charge in [0.1, 0.15) is 5.82 Å². The van der Waals surface area contributed by atoms with Crippen LogP contribution in [-0.4, -0.2) is 21.0 Å². The quantitative estimate of drug-likeness (QED) is 0.748. The summed E-state index contributed by atoms with van der Waals surface area (Å²) in [4.78, 5) is 19.1. The number of thiazole rings is 1. The van der Waals surface area contributed by atoms with Crippen LogP contribution in [0.1, 0.15) is 9.80 Å². The van der Waals surface area contributed by atoms with Crippen molar-refractivity contribution in [3.05, 3.63) is 40.7 Å². The van der Waals surface area contributed by atoms with Crippen LogP contribution in [0.5, 0.6) is 0 Å². The molecule has 0 amide bonds. The van der Waals surface area contributed by atoms with Gasteiger partial charge in [-0.3, -0.25) is 0 Å². The Morgan fingerprint density at radius 3 is 2.79 bits per heavy atom. The summed E-state index contributed by atoms with van der Waals surface area (Å²) in [6, 6.07) is 9.24. The lowest BCUT2D eigenvalue weighted by atomic mass is 10.1. The number of aromatic carboxylic acids is 1. The summed E-state index contributed by atoms with van der Waals surface area (Å²) in [5.41, 5.74) is 7.94. The highest BCUT2D eigenvalue weighted by Gasteiger charge is 2.10. The maximum atomic E-state index is 10.8. The van der Waals surface area contributed by atoms with E-state index in [2.05, 4.69) is 9.97 Å². The van der Waals surface area contributed by atoms with E-state index in [-0.39, 0.29) is 5.01 Å². The van der Waals surface area contributed by atoms with Gasteiger partial charge in [0.05, 0.1) is 11.2 Å². The number of hydrogen-bond acceptors (Lipinski definition) is 5. The van der Waals surface area contributed by atoms with Gasteiger partial charge in [-0.25, -0.2) is 14.8 Å². The lowest BCUT2D eigenvalue weighted by molar-refractivity contribution is 0.0696. The number of carbonyl (C=O) groups is 1. The fourth-order valence-electron chi connectivity index (χ4n) is 1.81. The molecule has 2 heterocycles. The van der Waals surface area contributed by atoms with Crippen molar-refractivity contribution in [2.45, 2.75) is 0 Å². The van der Waals surface area contributed by atoms with Crippen molar-refractivity contribution < 1.29 is 9.90 Å². The van der Waals surface area contributed by atoms with Crippen molar-refractivity contribution in [2.75, 3.05) is 5.73 Å². The van der Waals surface area contributed by atoms with Gasteiger partial charge in [-0.2, -0.15) is 0 Å². The van der Waals surface area contributed by atoms with Crippen LogP contribution < -0.4 is 5.73 Å². The van der Waals surface area contributed by atoms with Crippen molar-refractivity contribution in [3.8, 4) is 11.3 Å². The number of carboxylic acid groups (broad SMARTS) is 1. The summed E-state index contributed by atoms with van der Waals surface area (Å²) < 4.78 is 0. The summed E-state index contributed by atoms with van der Waals surface area (Å²) >= 11 is 1.11. The first-order chi connectivity index (χ1) is 9.13. The van der Waals surface area contributed by atoms with Crippen LogP contribution in [0.15, 0.2) is 35.7 Å². The number of aromatic nitrogens is 2. The molecule has 0 unspecified atom stereocenters. The average molecular weight is 271 g/mol. The van der Waals surface area contributed by atoms with E-state index in [1.807, 2.05) is 24.3 Å². The van der Waals surface area contributed by atoms with Crippen LogP contribution in [0.2, 0.25) is 0 Å². The second kappa shape index (κ2) is 4.33. The number of benzene rings is 1. The molecule has 6 heteroatoms. The van der Waals surface area contributed by atoms with Crippen molar-refractivity contribution >= 4 is 34.0 Å². The molecule has 0 radical (unpaired) electrons. The molecule has 0 bridgehead atoms. The fraction of sp³-hybridized carbons (Fsp3) is 0. The molecular weight excluding hydrogens is 262 g/mol. The van der Waals surface area contributed by atoms with Gasteiger partial charge < -0.3 is 10.8 Å². The minimum atomic E-state index is -1.01. The van der Waals surface area contributed by atoms with E-state index in [0.717, 1.165) is 27.8 Å². The van der Waals surface area contributed by atoms with Gasteiger partial charge in [0.15, 0.2) is 0 Å². The van der Waals surface area contributed by atoms with Gasteiger partial charge >= 0.3 is 5.97 Å². The topological polar surface area (TPSA) is 89.1 Å². The van der Waals surface area contributed by atoms with Crippen LogP contribution in [0.3, 0.4) is 0 Å². The Bertz CT molecular complexity index is 782. The molecule has 0 saturated heterocycles. The van der Waals surface area contributed by atoms with E-state index in [4.69, 9.17) is 10.8 Å². The zero-order valence-electron chi connectivity index (χ0n) is 9.70. The number of rotatable bonds is 2. The molecule has 2 aromatic heterocycles. The minimum Gasteiger partial charge on any atom is -0.476 e. The van der Waals surface area contributed by atoms with E-state index >= 15 is 0 Å². The van der Waals surface area contributed by atoms with Crippen molar-refractivity contribution in [3.63, 3.8) is 0 Å². The number of nitrogens with zero attached hydrogens (tertiary/aromatic N) is 2. The Hall–Kier alpha value is -2.47. The minimum absolute atomic E-state index is 0.0885. The average Bonchev–Trinajstić information content (AvgIpc) is 2.88. The molecule has 94 valence electrons. The molecule has 3 rings (SSSR count). The van der Waals surface area contributed by atoms with Crippen LogP contribution in [0.25, 0.3) is 22.2 Å². The number of fused-ring (bicyclic) bond motifs is 1. The first kappa shape index (κ1) is 11.6. The normalized spacial score (nSPS) is 10.7. The number of pyridine rings is 1. The van der Waals surface area contributed by atoms with E-state index in [9.17, 15) is 4.79 Å². The van der Waals surface area contributed by atoms with E-state index in [1.165, 1.54) is 0 Å². The molecule has 0 atom stereocenters. The van der Waals surface area contributed by atoms with Crippen LogP contribution in [-0.2, 0) is 0 Å². The highest BCUT2D eigenvalue weighted by molar-refractivity contribution is 7.11. The SMILES string of the molecule is Nc1ccc2cc(-c3csc(C(=O)O)n3)ccc2n1. The smallest absolute Gasteiger partial charge is 0.365 e. The maximum absolute atomic E-state index is 10.8. The predicted molar refractivity (Wildman–Crippen MR) is 74.2 cm³/mol. The van der Waals surface area contributed by atoms with Crippen LogP contribution in [0, 0.1) is 0 Å². The Kier molecular flexibility index (Phi) is 2.64. The highest BCUT2D eigenvalue weighted by atomic mass is 32.1. The van der Waals surface area contributed by atoms with Gasteiger partial charge in [0.25, 0.3) is 0 Å². The first-order valence-electron chi connectivity index (χ1n) is 5.49. The second-order valence-corrected chi connectivity index (χ2v) is 4.84. The summed E-state index contributed by atoms with van der Waals surface area (Å²) in [7, 11) is 0. The van der Waals surface area contributed by atoms with Gasteiger partial charge in [0, 0.05) is 16.3 Å². The van der Waals surface area contributed by atoms with Gasteiger partial charge in [-0.05, 0) is 24.3 Å². The largest absolute Gasteiger partial charge is 0.476 e. The molecule has 3 aromatic rings.